The molecule has 0 radical (unpaired) electrons. The molecule has 0 spiro atoms. The van der Waals surface area contributed by atoms with Gasteiger partial charge in [0.1, 0.15) is 12.1 Å². The fourth-order valence-corrected chi connectivity index (χ4v) is 1.50. The number of hydrogen-bond donors (Lipinski definition) is 1. The summed E-state index contributed by atoms with van der Waals surface area (Å²) in [4.78, 5) is 11.6. The molecule has 0 saturated heterocycles. The molecule has 0 aliphatic rings. The van der Waals surface area contributed by atoms with Gasteiger partial charge >= 0.3 is 5.97 Å². The maximum absolute atomic E-state index is 11.6. The summed E-state index contributed by atoms with van der Waals surface area (Å²) in [6.07, 6.45) is 4.68. The number of ether oxygens (including phenoxy) is 1. The van der Waals surface area contributed by atoms with Crippen LogP contribution in [0.25, 0.3) is 0 Å². The van der Waals surface area contributed by atoms with Gasteiger partial charge in [-0.2, -0.15) is 0 Å². The highest BCUT2D eigenvalue weighted by molar-refractivity contribution is 5.80. The highest BCUT2D eigenvalue weighted by Gasteiger charge is 2.33. The second-order valence-corrected chi connectivity index (χ2v) is 3.54. The van der Waals surface area contributed by atoms with Gasteiger partial charge in [-0.3, -0.25) is 4.79 Å². The minimum atomic E-state index is -0.799. The Balaban J connectivity index is 4.29. The van der Waals surface area contributed by atoms with Gasteiger partial charge in [0.25, 0.3) is 0 Å². The van der Waals surface area contributed by atoms with Crippen LogP contribution in [0.1, 0.15) is 39.5 Å². The molecule has 0 aliphatic heterocycles. The number of esters is 1. The first-order chi connectivity index (χ1) is 6.60. The van der Waals surface area contributed by atoms with Crippen molar-refractivity contribution in [3.8, 4) is 0 Å². The molecule has 0 aromatic heterocycles. The molecular weight excluding hydrogens is 178 g/mol. The highest BCUT2D eigenvalue weighted by atomic mass is 16.5. The Bertz CT molecular complexity index is 184. The fourth-order valence-electron chi connectivity index (χ4n) is 1.50. The molecule has 0 aromatic rings. The van der Waals surface area contributed by atoms with Crippen LogP contribution in [0.4, 0.5) is 0 Å². The van der Waals surface area contributed by atoms with E-state index in [1.807, 2.05) is 13.8 Å². The van der Waals surface area contributed by atoms with Gasteiger partial charge < -0.3 is 10.5 Å². The number of hydrogen-bond acceptors (Lipinski definition) is 3. The number of carbonyl (C=O) groups is 1. The molecule has 3 nitrogen and oxygen atoms in total. The Morgan fingerprint density at radius 1 is 1.43 bits per heavy atom. The lowest BCUT2D eigenvalue weighted by Crippen LogP contribution is -2.48. The monoisotopic (exact) mass is 199 g/mol. The maximum atomic E-state index is 11.6. The lowest BCUT2D eigenvalue weighted by Gasteiger charge is -2.26. The van der Waals surface area contributed by atoms with Gasteiger partial charge in [-0.25, -0.2) is 0 Å². The quantitative estimate of drug-likeness (QED) is 0.504. The second kappa shape index (κ2) is 6.60. The Kier molecular flexibility index (Phi) is 6.21. The lowest BCUT2D eigenvalue weighted by molar-refractivity contribution is -0.149. The van der Waals surface area contributed by atoms with E-state index in [-0.39, 0.29) is 12.6 Å². The summed E-state index contributed by atoms with van der Waals surface area (Å²) in [6.45, 7) is 7.75. The summed E-state index contributed by atoms with van der Waals surface area (Å²) in [6, 6.07) is 0. The third kappa shape index (κ3) is 3.92. The summed E-state index contributed by atoms with van der Waals surface area (Å²) in [7, 11) is 0. The largest absolute Gasteiger partial charge is 0.460 e. The molecule has 0 saturated carbocycles. The summed E-state index contributed by atoms with van der Waals surface area (Å²) in [5, 5.41) is 0. The third-order valence-corrected chi connectivity index (χ3v) is 2.13. The molecule has 0 heterocycles. The van der Waals surface area contributed by atoms with Crippen LogP contribution in [0, 0.1) is 0 Å². The molecule has 3 heteroatoms. The SMILES string of the molecule is C=CCOC(=O)C(N)(CCC)CCC. The van der Waals surface area contributed by atoms with E-state index in [2.05, 4.69) is 6.58 Å². The van der Waals surface area contributed by atoms with E-state index in [9.17, 15) is 4.79 Å². The van der Waals surface area contributed by atoms with Crippen LogP contribution in [0.3, 0.4) is 0 Å². The number of carbonyl (C=O) groups excluding carboxylic acids is 1. The van der Waals surface area contributed by atoms with E-state index in [0.717, 1.165) is 12.8 Å². The molecule has 0 amide bonds. The van der Waals surface area contributed by atoms with Crippen molar-refractivity contribution in [3.63, 3.8) is 0 Å². The molecule has 0 aliphatic carbocycles. The van der Waals surface area contributed by atoms with Gasteiger partial charge in [-0.05, 0) is 12.8 Å². The predicted octanol–water partition coefficient (Wildman–Crippen LogP) is 2.01. The van der Waals surface area contributed by atoms with Crippen LogP contribution >= 0.6 is 0 Å². The number of nitrogens with two attached hydrogens (primary N) is 1. The Morgan fingerprint density at radius 3 is 2.29 bits per heavy atom. The van der Waals surface area contributed by atoms with Gasteiger partial charge in [-0.15, -0.1) is 0 Å². The van der Waals surface area contributed by atoms with Crippen LogP contribution in [0.15, 0.2) is 12.7 Å². The lowest BCUT2D eigenvalue weighted by atomic mass is 9.90. The van der Waals surface area contributed by atoms with E-state index in [0.29, 0.717) is 12.8 Å². The Hall–Kier alpha value is -0.830. The molecule has 0 bridgehead atoms. The van der Waals surface area contributed by atoms with Crippen molar-refractivity contribution in [3.05, 3.63) is 12.7 Å². The zero-order valence-corrected chi connectivity index (χ0v) is 9.21. The Morgan fingerprint density at radius 2 is 1.93 bits per heavy atom. The summed E-state index contributed by atoms with van der Waals surface area (Å²) in [5.41, 5.74) is 5.20. The van der Waals surface area contributed by atoms with Crippen LogP contribution < -0.4 is 5.73 Å². The van der Waals surface area contributed by atoms with Crippen LogP contribution in [-0.2, 0) is 9.53 Å². The van der Waals surface area contributed by atoms with E-state index in [1.54, 1.807) is 6.08 Å². The smallest absolute Gasteiger partial charge is 0.326 e. The number of rotatable bonds is 7. The van der Waals surface area contributed by atoms with Gasteiger partial charge in [0.05, 0.1) is 0 Å². The van der Waals surface area contributed by atoms with E-state index >= 15 is 0 Å². The summed E-state index contributed by atoms with van der Waals surface area (Å²) < 4.78 is 4.98. The van der Waals surface area contributed by atoms with Crippen molar-refractivity contribution >= 4 is 5.97 Å². The minimum absolute atomic E-state index is 0.241. The van der Waals surface area contributed by atoms with Gasteiger partial charge in [-0.1, -0.05) is 39.3 Å². The minimum Gasteiger partial charge on any atom is -0.460 e. The average Bonchev–Trinajstić information content (AvgIpc) is 2.15. The first-order valence-corrected chi connectivity index (χ1v) is 5.17. The van der Waals surface area contributed by atoms with Gasteiger partial charge in [0.2, 0.25) is 0 Å². The molecule has 0 fully saturated rings. The van der Waals surface area contributed by atoms with Crippen LogP contribution in [-0.4, -0.2) is 18.1 Å². The van der Waals surface area contributed by atoms with Crippen molar-refractivity contribution in [1.82, 2.24) is 0 Å². The van der Waals surface area contributed by atoms with Crippen molar-refractivity contribution in [2.45, 2.75) is 45.1 Å². The highest BCUT2D eigenvalue weighted by Crippen LogP contribution is 2.18. The van der Waals surface area contributed by atoms with Crippen LogP contribution in [0.2, 0.25) is 0 Å². The first-order valence-electron chi connectivity index (χ1n) is 5.17. The molecule has 0 aromatic carbocycles. The normalized spacial score (nSPS) is 11.1. The van der Waals surface area contributed by atoms with Gasteiger partial charge in [0.15, 0.2) is 0 Å². The van der Waals surface area contributed by atoms with Crippen molar-refractivity contribution < 1.29 is 9.53 Å². The molecule has 0 atom stereocenters. The van der Waals surface area contributed by atoms with E-state index in [1.165, 1.54) is 0 Å². The standard InChI is InChI=1S/C11H21NO2/c1-4-7-11(12,8-5-2)10(13)14-9-6-3/h6H,3-5,7-9,12H2,1-2H3. The van der Waals surface area contributed by atoms with Gasteiger partial charge in [0, 0.05) is 0 Å². The molecule has 82 valence electrons. The molecule has 0 unspecified atom stereocenters. The van der Waals surface area contributed by atoms with Crippen molar-refractivity contribution in [2.24, 2.45) is 5.73 Å². The molecule has 14 heavy (non-hydrogen) atoms. The van der Waals surface area contributed by atoms with Crippen molar-refractivity contribution in [1.29, 1.82) is 0 Å². The zero-order chi connectivity index (χ0) is 11.0. The maximum Gasteiger partial charge on any atom is 0.326 e. The van der Waals surface area contributed by atoms with E-state index in [4.69, 9.17) is 10.5 Å². The summed E-state index contributed by atoms with van der Waals surface area (Å²) in [5.74, 6) is -0.305. The molecule has 0 rings (SSSR count). The van der Waals surface area contributed by atoms with Crippen LogP contribution in [0.5, 0.6) is 0 Å². The third-order valence-electron chi connectivity index (χ3n) is 2.13. The first kappa shape index (κ1) is 13.2. The second-order valence-electron chi connectivity index (χ2n) is 3.54. The summed E-state index contributed by atoms with van der Waals surface area (Å²) >= 11 is 0. The zero-order valence-electron chi connectivity index (χ0n) is 9.21. The molecule has 2 N–H and O–H groups in total. The Labute approximate surface area is 86.3 Å². The van der Waals surface area contributed by atoms with Crippen molar-refractivity contribution in [2.75, 3.05) is 6.61 Å². The average molecular weight is 199 g/mol. The van der Waals surface area contributed by atoms with E-state index < -0.39 is 5.54 Å². The fraction of sp³-hybridized carbons (Fsp3) is 0.727. The topological polar surface area (TPSA) is 52.3 Å². The molecular formula is C11H21NO2. The predicted molar refractivity (Wildman–Crippen MR) is 57.9 cm³/mol.